The Morgan fingerprint density at radius 1 is 1.14 bits per heavy atom. The third-order valence-corrected chi connectivity index (χ3v) is 4.48. The van der Waals surface area contributed by atoms with Crippen molar-refractivity contribution in [2.24, 2.45) is 0 Å². The van der Waals surface area contributed by atoms with Crippen molar-refractivity contribution in [1.82, 2.24) is 10.2 Å². The lowest BCUT2D eigenvalue weighted by molar-refractivity contribution is -0.128. The molecular formula is C20H16N2O5S. The Kier molecular flexibility index (Phi) is 5.51. The summed E-state index contributed by atoms with van der Waals surface area (Å²) in [5.41, 5.74) is 1.72. The number of aromatic carboxylic acids is 1. The summed E-state index contributed by atoms with van der Waals surface area (Å²) < 4.78 is 5.67. The van der Waals surface area contributed by atoms with Gasteiger partial charge in [0.1, 0.15) is 17.9 Å². The number of ether oxygens (including phenoxy) is 1. The van der Waals surface area contributed by atoms with Gasteiger partial charge in [-0.1, -0.05) is 24.3 Å². The molecule has 0 aromatic heterocycles. The number of carbonyl (C=O) groups excluding carboxylic acids is 2. The van der Waals surface area contributed by atoms with Crippen molar-refractivity contribution < 1.29 is 24.2 Å². The summed E-state index contributed by atoms with van der Waals surface area (Å²) in [7, 11) is 1.50. The smallest absolute Gasteiger partial charge is 0.335 e. The number of rotatable bonds is 5. The van der Waals surface area contributed by atoms with Gasteiger partial charge in [-0.3, -0.25) is 19.8 Å². The first-order valence-electron chi connectivity index (χ1n) is 8.25. The Labute approximate surface area is 166 Å². The normalized spacial score (nSPS) is 15.5. The minimum absolute atomic E-state index is 0.00305. The quantitative estimate of drug-likeness (QED) is 0.457. The van der Waals surface area contributed by atoms with Gasteiger partial charge in [-0.25, -0.2) is 4.79 Å². The fraction of sp³-hybridized carbons (Fsp3) is 0.100. The number of carbonyl (C=O) groups is 3. The Hall–Kier alpha value is -3.52. The first-order chi connectivity index (χ1) is 13.3. The van der Waals surface area contributed by atoms with E-state index in [0.29, 0.717) is 11.3 Å². The van der Waals surface area contributed by atoms with Gasteiger partial charge in [0, 0.05) is 7.05 Å². The van der Waals surface area contributed by atoms with Crippen molar-refractivity contribution >= 4 is 41.2 Å². The van der Waals surface area contributed by atoms with Crippen LogP contribution in [-0.2, 0) is 16.2 Å². The van der Waals surface area contributed by atoms with E-state index in [4.69, 9.17) is 22.1 Å². The topological polar surface area (TPSA) is 95.9 Å². The van der Waals surface area contributed by atoms with Crippen molar-refractivity contribution in [2.45, 2.75) is 6.61 Å². The van der Waals surface area contributed by atoms with Crippen LogP contribution in [0, 0.1) is 0 Å². The number of amides is 2. The van der Waals surface area contributed by atoms with Crippen LogP contribution in [0.2, 0.25) is 0 Å². The van der Waals surface area contributed by atoms with Crippen LogP contribution in [0.15, 0.2) is 54.1 Å². The summed E-state index contributed by atoms with van der Waals surface area (Å²) in [5, 5.41) is 11.4. The lowest BCUT2D eigenvalue weighted by Gasteiger charge is -2.25. The van der Waals surface area contributed by atoms with E-state index < -0.39 is 17.8 Å². The molecule has 0 unspecified atom stereocenters. The lowest BCUT2D eigenvalue weighted by Crippen LogP contribution is -2.52. The van der Waals surface area contributed by atoms with E-state index in [9.17, 15) is 14.4 Å². The van der Waals surface area contributed by atoms with Crippen LogP contribution in [0.3, 0.4) is 0 Å². The summed E-state index contributed by atoms with van der Waals surface area (Å²) in [6, 6.07) is 13.3. The van der Waals surface area contributed by atoms with Crippen LogP contribution < -0.4 is 10.1 Å². The largest absolute Gasteiger partial charge is 0.489 e. The number of hydrogen-bond donors (Lipinski definition) is 2. The first kappa shape index (κ1) is 19.2. The van der Waals surface area contributed by atoms with E-state index in [1.54, 1.807) is 36.4 Å². The van der Waals surface area contributed by atoms with Gasteiger partial charge in [-0.2, -0.15) is 0 Å². The first-order valence-corrected chi connectivity index (χ1v) is 8.66. The minimum atomic E-state index is -0.977. The molecule has 2 aromatic rings. The van der Waals surface area contributed by atoms with Gasteiger partial charge >= 0.3 is 5.97 Å². The minimum Gasteiger partial charge on any atom is -0.489 e. The SMILES string of the molecule is CN1C(=O)/C(=C/c2ccc(OCc3ccc(C(=O)O)cc3)cc2)C(=O)NC1=S. The number of carboxylic acid groups (broad SMARTS) is 1. The molecule has 0 spiro atoms. The summed E-state index contributed by atoms with van der Waals surface area (Å²) in [6.45, 7) is 0.281. The van der Waals surface area contributed by atoms with Crippen LogP contribution >= 0.6 is 12.2 Å². The predicted molar refractivity (Wildman–Crippen MR) is 106 cm³/mol. The zero-order chi connectivity index (χ0) is 20.3. The zero-order valence-electron chi connectivity index (χ0n) is 14.8. The highest BCUT2D eigenvalue weighted by Crippen LogP contribution is 2.18. The second-order valence-corrected chi connectivity index (χ2v) is 6.43. The predicted octanol–water partition coefficient (Wildman–Crippen LogP) is 2.22. The molecule has 7 nitrogen and oxygen atoms in total. The molecular weight excluding hydrogens is 380 g/mol. The maximum atomic E-state index is 12.2. The molecule has 0 aliphatic carbocycles. The van der Waals surface area contributed by atoms with Crippen LogP contribution in [0.5, 0.6) is 5.75 Å². The van der Waals surface area contributed by atoms with Crippen LogP contribution in [0.1, 0.15) is 21.5 Å². The van der Waals surface area contributed by atoms with Crippen LogP contribution in [0.25, 0.3) is 6.08 Å². The molecule has 142 valence electrons. The molecule has 0 atom stereocenters. The Balaban J connectivity index is 1.66. The number of thiocarbonyl (C=S) groups is 1. The number of carboxylic acids is 1. The summed E-state index contributed by atoms with van der Waals surface area (Å²) in [6.07, 6.45) is 1.49. The molecule has 8 heteroatoms. The second-order valence-electron chi connectivity index (χ2n) is 6.04. The van der Waals surface area contributed by atoms with Gasteiger partial charge < -0.3 is 9.84 Å². The van der Waals surface area contributed by atoms with Crippen LogP contribution in [-0.4, -0.2) is 40.0 Å². The van der Waals surface area contributed by atoms with Crippen molar-refractivity contribution in [3.05, 3.63) is 70.8 Å². The summed E-state index contributed by atoms with van der Waals surface area (Å²) in [5.74, 6) is -1.37. The highest BCUT2D eigenvalue weighted by atomic mass is 32.1. The van der Waals surface area contributed by atoms with E-state index >= 15 is 0 Å². The molecule has 1 fully saturated rings. The standard InChI is InChI=1S/C20H16N2O5S/c1-22-18(24)16(17(23)21-20(22)28)10-12-4-8-15(9-5-12)27-11-13-2-6-14(7-3-13)19(25)26/h2-10H,11H2,1H3,(H,25,26)(H,21,23,28)/b16-10+. The molecule has 28 heavy (non-hydrogen) atoms. The van der Waals surface area contributed by atoms with E-state index in [2.05, 4.69) is 5.32 Å². The van der Waals surface area contributed by atoms with Crippen molar-refractivity contribution in [1.29, 1.82) is 0 Å². The van der Waals surface area contributed by atoms with Crippen LogP contribution in [0.4, 0.5) is 0 Å². The molecule has 2 aromatic carbocycles. The van der Waals surface area contributed by atoms with Crippen molar-refractivity contribution in [2.75, 3.05) is 7.05 Å². The summed E-state index contributed by atoms with van der Waals surface area (Å²) >= 11 is 4.91. The average Bonchev–Trinajstić information content (AvgIpc) is 2.69. The molecule has 2 N–H and O–H groups in total. The molecule has 1 aliphatic heterocycles. The third kappa shape index (κ3) is 4.24. The van der Waals surface area contributed by atoms with Gasteiger partial charge in [0.2, 0.25) is 0 Å². The van der Waals surface area contributed by atoms with E-state index in [-0.39, 0.29) is 22.9 Å². The monoisotopic (exact) mass is 396 g/mol. The number of nitrogens with one attached hydrogen (secondary N) is 1. The van der Waals surface area contributed by atoms with E-state index in [1.807, 2.05) is 0 Å². The molecule has 3 rings (SSSR count). The third-order valence-electron chi connectivity index (χ3n) is 4.10. The van der Waals surface area contributed by atoms with Gasteiger partial charge in [0.25, 0.3) is 11.8 Å². The molecule has 0 bridgehead atoms. The highest BCUT2D eigenvalue weighted by molar-refractivity contribution is 7.80. The van der Waals surface area contributed by atoms with E-state index in [1.165, 1.54) is 30.2 Å². The number of nitrogens with zero attached hydrogens (tertiary/aromatic N) is 1. The Bertz CT molecular complexity index is 981. The highest BCUT2D eigenvalue weighted by Gasteiger charge is 2.30. The average molecular weight is 396 g/mol. The van der Waals surface area contributed by atoms with E-state index in [0.717, 1.165) is 5.56 Å². The molecule has 1 heterocycles. The fourth-order valence-corrected chi connectivity index (χ4v) is 2.66. The van der Waals surface area contributed by atoms with Gasteiger partial charge in [0.05, 0.1) is 5.56 Å². The van der Waals surface area contributed by atoms with Crippen molar-refractivity contribution in [3.63, 3.8) is 0 Å². The Morgan fingerprint density at radius 3 is 2.39 bits per heavy atom. The lowest BCUT2D eigenvalue weighted by atomic mass is 10.1. The molecule has 0 radical (unpaired) electrons. The second kappa shape index (κ2) is 8.01. The van der Waals surface area contributed by atoms with Gasteiger partial charge in [-0.15, -0.1) is 0 Å². The number of benzene rings is 2. The number of hydrogen-bond acceptors (Lipinski definition) is 5. The Morgan fingerprint density at radius 2 is 1.79 bits per heavy atom. The molecule has 2 amide bonds. The molecule has 1 saturated heterocycles. The zero-order valence-corrected chi connectivity index (χ0v) is 15.7. The maximum Gasteiger partial charge on any atom is 0.335 e. The molecule has 1 aliphatic rings. The van der Waals surface area contributed by atoms with Gasteiger partial charge in [0.15, 0.2) is 5.11 Å². The van der Waals surface area contributed by atoms with Gasteiger partial charge in [-0.05, 0) is 53.7 Å². The van der Waals surface area contributed by atoms with Crippen molar-refractivity contribution in [3.8, 4) is 5.75 Å². The fourth-order valence-electron chi connectivity index (χ4n) is 2.48. The maximum absolute atomic E-state index is 12.2. The molecule has 0 saturated carbocycles. The summed E-state index contributed by atoms with van der Waals surface area (Å²) in [4.78, 5) is 36.2. The number of likely N-dealkylation sites (N-methyl/N-ethyl adjacent to an activating group) is 1.